The number of fused-ring (bicyclic) bond motifs is 2. The van der Waals surface area contributed by atoms with Crippen LogP contribution >= 0.6 is 36.6 Å². The summed E-state index contributed by atoms with van der Waals surface area (Å²) in [6, 6.07) is 25.4. The van der Waals surface area contributed by atoms with Crippen molar-refractivity contribution in [2.75, 3.05) is 33.2 Å². The minimum Gasteiger partial charge on any atom is -0.304 e. The van der Waals surface area contributed by atoms with Gasteiger partial charge in [-0.1, -0.05) is 65.9 Å². The Morgan fingerprint density at radius 2 is 1.45 bits per heavy atom. The lowest BCUT2D eigenvalue weighted by Gasteiger charge is -2.38. The smallest absolute Gasteiger partial charge is 0.0401 e. The highest BCUT2D eigenvalue weighted by atomic mass is 35.5. The Kier molecular flexibility index (Phi) is 8.12. The van der Waals surface area contributed by atoms with E-state index in [4.69, 9.17) is 0 Å². The van der Waals surface area contributed by atoms with Gasteiger partial charge < -0.3 is 4.90 Å². The third-order valence-electron chi connectivity index (χ3n) is 6.34. The number of hydrogen-bond donors (Lipinski definition) is 0. The first-order valence-corrected chi connectivity index (χ1v) is 11.4. The Balaban J connectivity index is 0.00000136. The van der Waals surface area contributed by atoms with Crippen molar-refractivity contribution in [2.45, 2.75) is 29.2 Å². The number of hydrogen-bond acceptors (Lipinski definition) is 3. The molecule has 1 unspecified atom stereocenters. The van der Waals surface area contributed by atoms with Gasteiger partial charge in [0.2, 0.25) is 0 Å². The van der Waals surface area contributed by atoms with Crippen molar-refractivity contribution in [1.29, 1.82) is 0 Å². The number of nitrogens with zero attached hydrogens (tertiary/aromatic N) is 2. The predicted molar refractivity (Wildman–Crippen MR) is 137 cm³/mol. The maximum absolute atomic E-state index is 2.71. The van der Waals surface area contributed by atoms with Crippen LogP contribution in [0.2, 0.25) is 0 Å². The van der Waals surface area contributed by atoms with Crippen molar-refractivity contribution >= 4 is 36.6 Å². The Labute approximate surface area is 202 Å². The molecule has 2 heterocycles. The van der Waals surface area contributed by atoms with Crippen LogP contribution in [0.5, 0.6) is 0 Å². The number of piperazine rings is 1. The fourth-order valence-electron chi connectivity index (χ4n) is 4.50. The van der Waals surface area contributed by atoms with Crippen molar-refractivity contribution in [3.63, 3.8) is 0 Å². The Hall–Kier alpha value is -1.49. The second-order valence-electron chi connectivity index (χ2n) is 8.39. The molecular weight excluding hydrogens is 443 g/mol. The van der Waals surface area contributed by atoms with Crippen molar-refractivity contribution in [3.05, 3.63) is 83.4 Å². The zero-order chi connectivity index (χ0) is 19.8. The number of likely N-dealkylation sites (N-methyl/N-ethyl adjacent to an activating group) is 1. The first kappa shape index (κ1) is 24.2. The van der Waals surface area contributed by atoms with Gasteiger partial charge >= 0.3 is 0 Å². The van der Waals surface area contributed by atoms with E-state index in [0.717, 1.165) is 32.6 Å². The lowest BCUT2D eigenvalue weighted by molar-refractivity contribution is 0.110. The molecule has 2 aliphatic heterocycles. The quantitative estimate of drug-likeness (QED) is 0.420. The number of halogens is 2. The summed E-state index contributed by atoms with van der Waals surface area (Å²) in [7, 11) is 2.24. The summed E-state index contributed by atoms with van der Waals surface area (Å²) in [6.07, 6.45) is 1.09. The molecule has 0 N–H and O–H groups in total. The van der Waals surface area contributed by atoms with E-state index < -0.39 is 0 Å². The minimum absolute atomic E-state index is 0. The van der Waals surface area contributed by atoms with E-state index >= 15 is 0 Å². The van der Waals surface area contributed by atoms with E-state index in [1.807, 2.05) is 11.8 Å². The Morgan fingerprint density at radius 3 is 2.19 bits per heavy atom. The van der Waals surface area contributed by atoms with Crippen LogP contribution in [0.4, 0.5) is 0 Å². The average Bonchev–Trinajstić information content (AvgIpc) is 2.91. The van der Waals surface area contributed by atoms with Crippen LogP contribution in [-0.2, 0) is 6.42 Å². The fraction of sp³-hybridized carbons (Fsp3) is 0.308. The van der Waals surface area contributed by atoms with Crippen LogP contribution < -0.4 is 0 Å². The molecule has 5 rings (SSSR count). The molecule has 0 saturated carbocycles. The van der Waals surface area contributed by atoms with E-state index in [0.29, 0.717) is 6.04 Å². The molecule has 5 heteroatoms. The van der Waals surface area contributed by atoms with Gasteiger partial charge in [-0.3, -0.25) is 4.90 Å². The van der Waals surface area contributed by atoms with Gasteiger partial charge in [-0.15, -0.1) is 24.8 Å². The molecule has 31 heavy (non-hydrogen) atoms. The van der Waals surface area contributed by atoms with Gasteiger partial charge in [0.05, 0.1) is 0 Å². The highest BCUT2D eigenvalue weighted by Gasteiger charge is 2.29. The number of benzene rings is 3. The van der Waals surface area contributed by atoms with E-state index in [1.54, 1.807) is 0 Å². The van der Waals surface area contributed by atoms with Crippen molar-refractivity contribution in [3.8, 4) is 11.1 Å². The van der Waals surface area contributed by atoms with Gasteiger partial charge in [0.25, 0.3) is 0 Å². The summed E-state index contributed by atoms with van der Waals surface area (Å²) in [5.74, 6) is 0. The second-order valence-corrected chi connectivity index (χ2v) is 9.47. The molecule has 0 aromatic heterocycles. The lowest BCUT2D eigenvalue weighted by Crippen LogP contribution is -2.46. The zero-order valence-corrected chi connectivity index (χ0v) is 20.5. The van der Waals surface area contributed by atoms with Crippen LogP contribution in [-0.4, -0.2) is 43.0 Å². The monoisotopic (exact) mass is 472 g/mol. The third-order valence-corrected chi connectivity index (χ3v) is 7.55. The molecule has 3 aromatic carbocycles. The highest BCUT2D eigenvalue weighted by molar-refractivity contribution is 7.99. The maximum atomic E-state index is 2.71. The fourth-order valence-corrected chi connectivity index (χ4v) is 5.61. The van der Waals surface area contributed by atoms with Gasteiger partial charge in [0.15, 0.2) is 0 Å². The van der Waals surface area contributed by atoms with Crippen LogP contribution in [0.1, 0.15) is 22.7 Å². The van der Waals surface area contributed by atoms with Gasteiger partial charge in [-0.25, -0.2) is 0 Å². The lowest BCUT2D eigenvalue weighted by atomic mass is 9.93. The molecule has 0 amide bonds. The molecule has 0 spiro atoms. The molecule has 2 nitrogen and oxygen atoms in total. The summed E-state index contributed by atoms with van der Waals surface area (Å²) in [6.45, 7) is 6.74. The van der Waals surface area contributed by atoms with Crippen LogP contribution in [0.3, 0.4) is 0 Å². The summed E-state index contributed by atoms with van der Waals surface area (Å²) in [5, 5.41) is 0. The van der Waals surface area contributed by atoms with Gasteiger partial charge in [0.1, 0.15) is 0 Å². The Morgan fingerprint density at radius 1 is 0.774 bits per heavy atom. The van der Waals surface area contributed by atoms with Crippen molar-refractivity contribution < 1.29 is 0 Å². The minimum atomic E-state index is 0. The first-order chi connectivity index (χ1) is 14.2. The summed E-state index contributed by atoms with van der Waals surface area (Å²) < 4.78 is 0. The Bertz CT molecular complexity index is 1010. The number of aryl methyl sites for hydroxylation is 1. The van der Waals surface area contributed by atoms with Crippen LogP contribution in [0, 0.1) is 6.92 Å². The third kappa shape index (κ3) is 5.13. The largest absolute Gasteiger partial charge is 0.304 e. The summed E-state index contributed by atoms with van der Waals surface area (Å²) in [5.41, 5.74) is 6.92. The van der Waals surface area contributed by atoms with Crippen LogP contribution in [0.25, 0.3) is 11.1 Å². The summed E-state index contributed by atoms with van der Waals surface area (Å²) in [4.78, 5) is 7.98. The van der Waals surface area contributed by atoms with Crippen LogP contribution in [0.15, 0.2) is 76.5 Å². The summed E-state index contributed by atoms with van der Waals surface area (Å²) >= 11 is 1.94. The topological polar surface area (TPSA) is 6.48 Å². The van der Waals surface area contributed by atoms with E-state index in [1.165, 1.54) is 37.6 Å². The molecule has 0 bridgehead atoms. The second kappa shape index (κ2) is 10.4. The maximum Gasteiger partial charge on any atom is 0.0401 e. The normalized spacial score (nSPS) is 18.7. The molecule has 1 fully saturated rings. The zero-order valence-electron chi connectivity index (χ0n) is 18.1. The average molecular weight is 474 g/mol. The number of rotatable bonds is 2. The van der Waals surface area contributed by atoms with Gasteiger partial charge in [-0.2, -0.15) is 0 Å². The van der Waals surface area contributed by atoms with E-state index in [-0.39, 0.29) is 24.8 Å². The molecule has 1 saturated heterocycles. The predicted octanol–water partition coefficient (Wildman–Crippen LogP) is 6.50. The van der Waals surface area contributed by atoms with Gasteiger partial charge in [-0.05, 0) is 60.8 Å². The molecule has 0 aliphatic carbocycles. The van der Waals surface area contributed by atoms with E-state index in [9.17, 15) is 0 Å². The SMILES string of the molecule is Cc1ccc(-c2ccc3c(c2)C(N2CCN(C)CC2)Cc2ccccc2S3)cc1.Cl.Cl. The van der Waals surface area contributed by atoms with E-state index in [2.05, 4.69) is 90.5 Å². The molecular formula is C26H30Cl2N2S. The molecule has 2 aliphatic rings. The molecule has 3 aromatic rings. The highest BCUT2D eigenvalue weighted by Crippen LogP contribution is 2.44. The molecule has 1 atom stereocenters. The molecule has 0 radical (unpaired) electrons. The standard InChI is InChI=1S/C26H28N2S.2ClH/c1-19-7-9-20(10-8-19)21-11-12-26-23(17-21)24(28-15-13-27(2)14-16-28)18-22-5-3-4-6-25(22)29-26;;/h3-12,17,24H,13-16,18H2,1-2H3;2*1H. The van der Waals surface area contributed by atoms with Crippen molar-refractivity contribution in [2.24, 2.45) is 0 Å². The first-order valence-electron chi connectivity index (χ1n) is 10.6. The van der Waals surface area contributed by atoms with Gasteiger partial charge in [0, 0.05) is 42.0 Å². The van der Waals surface area contributed by atoms with Crippen molar-refractivity contribution in [1.82, 2.24) is 9.80 Å². The molecule has 164 valence electrons.